The molecule has 0 N–H and O–H groups in total. The van der Waals surface area contributed by atoms with Crippen LogP contribution in [-0.2, 0) is 23.9 Å². The Morgan fingerprint density at radius 2 is 1.59 bits per heavy atom. The summed E-state index contributed by atoms with van der Waals surface area (Å²) in [6, 6.07) is 16.6. The first-order chi connectivity index (χ1) is 13.9. The number of esters is 2. The molecular formula is C22H22ClNO5. The number of methoxy groups -OCH3 is 2. The molecule has 1 saturated carbocycles. The Morgan fingerprint density at radius 3 is 2.14 bits per heavy atom. The minimum atomic E-state index is -1.45. The van der Waals surface area contributed by atoms with Crippen LogP contribution < -0.4 is 0 Å². The number of hydroxylamine groups is 2. The molecule has 2 aromatic carbocycles. The Kier molecular flexibility index (Phi) is 4.89. The number of carbonyl (C=O) groups is 2. The summed E-state index contributed by atoms with van der Waals surface area (Å²) >= 11 is 6.07. The monoisotopic (exact) mass is 415 g/mol. The van der Waals surface area contributed by atoms with Gasteiger partial charge in [-0.15, -0.1) is 0 Å². The first kappa shape index (κ1) is 19.9. The molecule has 1 aliphatic heterocycles. The minimum absolute atomic E-state index is 0.260. The molecule has 2 fully saturated rings. The fourth-order valence-electron chi connectivity index (χ4n) is 4.92. The van der Waals surface area contributed by atoms with E-state index in [9.17, 15) is 9.59 Å². The first-order valence-corrected chi connectivity index (χ1v) is 9.67. The van der Waals surface area contributed by atoms with Gasteiger partial charge in [-0.1, -0.05) is 54.1 Å². The van der Waals surface area contributed by atoms with Gasteiger partial charge in [-0.05, 0) is 29.7 Å². The Hall–Kier alpha value is -2.41. The molecule has 0 radical (unpaired) electrons. The number of halogens is 1. The number of hydrogen-bond acceptors (Lipinski definition) is 6. The number of ether oxygens (including phenoxy) is 2. The Bertz CT molecular complexity index is 916. The molecule has 1 heterocycles. The molecule has 152 valence electrons. The van der Waals surface area contributed by atoms with Gasteiger partial charge in [-0.3, -0.25) is 14.4 Å². The standard InChI is InChI=1S/C22H22ClNO5/c1-24-17(14-9-11-16(23)12-10-14)21(18(29-24)15-7-5-4-6-8-15)13-22(21,19(25)27-2)20(26)28-3/h4-12,17-18H,13H2,1-3H3/t17-,18+,21-/m0/s1. The van der Waals surface area contributed by atoms with E-state index in [-0.39, 0.29) is 12.5 Å². The van der Waals surface area contributed by atoms with E-state index in [1.54, 1.807) is 17.2 Å². The largest absolute Gasteiger partial charge is 0.468 e. The van der Waals surface area contributed by atoms with Crippen molar-refractivity contribution in [1.29, 1.82) is 0 Å². The normalized spacial score (nSPS) is 27.6. The summed E-state index contributed by atoms with van der Waals surface area (Å²) in [6.45, 7) is 0. The van der Waals surface area contributed by atoms with E-state index in [1.807, 2.05) is 49.5 Å². The summed E-state index contributed by atoms with van der Waals surface area (Å²) in [6.07, 6.45) is -0.260. The van der Waals surface area contributed by atoms with Gasteiger partial charge in [0.2, 0.25) is 0 Å². The predicted molar refractivity (Wildman–Crippen MR) is 106 cm³/mol. The van der Waals surface area contributed by atoms with Gasteiger partial charge >= 0.3 is 11.9 Å². The van der Waals surface area contributed by atoms with Crippen molar-refractivity contribution in [2.45, 2.75) is 18.6 Å². The topological polar surface area (TPSA) is 65.1 Å². The quantitative estimate of drug-likeness (QED) is 0.560. The second-order valence-corrected chi connectivity index (χ2v) is 7.94. The molecule has 2 aliphatic rings. The van der Waals surface area contributed by atoms with Crippen molar-refractivity contribution in [2.75, 3.05) is 21.3 Å². The second-order valence-electron chi connectivity index (χ2n) is 7.50. The van der Waals surface area contributed by atoms with E-state index in [2.05, 4.69) is 0 Å². The van der Waals surface area contributed by atoms with Crippen LogP contribution in [0.3, 0.4) is 0 Å². The molecule has 3 atom stereocenters. The van der Waals surface area contributed by atoms with Crippen LogP contribution in [0.5, 0.6) is 0 Å². The molecule has 1 spiro atoms. The Labute approximate surface area is 174 Å². The van der Waals surface area contributed by atoms with Crippen LogP contribution in [0.25, 0.3) is 0 Å². The summed E-state index contributed by atoms with van der Waals surface area (Å²) in [7, 11) is 4.38. The van der Waals surface area contributed by atoms with Gasteiger partial charge in [0.25, 0.3) is 0 Å². The highest BCUT2D eigenvalue weighted by atomic mass is 35.5. The third-order valence-electron chi connectivity index (χ3n) is 6.17. The lowest BCUT2D eigenvalue weighted by molar-refractivity contribution is -0.165. The first-order valence-electron chi connectivity index (χ1n) is 9.29. The van der Waals surface area contributed by atoms with Crippen LogP contribution in [0.15, 0.2) is 54.6 Å². The zero-order chi connectivity index (χ0) is 20.8. The molecule has 4 rings (SSSR count). The van der Waals surface area contributed by atoms with Crippen LogP contribution in [0.1, 0.15) is 29.7 Å². The molecule has 0 bridgehead atoms. The number of nitrogens with zero attached hydrogens (tertiary/aromatic N) is 1. The van der Waals surface area contributed by atoms with E-state index in [4.69, 9.17) is 25.9 Å². The van der Waals surface area contributed by atoms with Crippen molar-refractivity contribution < 1.29 is 23.9 Å². The average Bonchev–Trinajstić information content (AvgIpc) is 3.35. The average molecular weight is 416 g/mol. The van der Waals surface area contributed by atoms with E-state index in [1.165, 1.54) is 14.2 Å². The zero-order valence-corrected chi connectivity index (χ0v) is 17.2. The maximum atomic E-state index is 13.0. The molecule has 2 aromatic rings. The lowest BCUT2D eigenvalue weighted by Crippen LogP contribution is -2.38. The highest BCUT2D eigenvalue weighted by molar-refractivity contribution is 6.30. The summed E-state index contributed by atoms with van der Waals surface area (Å²) in [5.74, 6) is -1.22. The lowest BCUT2D eigenvalue weighted by atomic mass is 9.77. The SMILES string of the molecule is COC(=O)C1(C(=O)OC)C[C@]12[C@@H](c1ccccc1)ON(C)[C@H]2c1ccc(Cl)cc1. The van der Waals surface area contributed by atoms with Crippen LogP contribution >= 0.6 is 11.6 Å². The van der Waals surface area contributed by atoms with Crippen molar-refractivity contribution in [3.8, 4) is 0 Å². The van der Waals surface area contributed by atoms with Crippen molar-refractivity contribution in [3.63, 3.8) is 0 Å². The van der Waals surface area contributed by atoms with Gasteiger partial charge in [-0.2, -0.15) is 5.06 Å². The Balaban J connectivity index is 1.91. The van der Waals surface area contributed by atoms with Crippen molar-refractivity contribution in [1.82, 2.24) is 5.06 Å². The van der Waals surface area contributed by atoms with Crippen LogP contribution in [0, 0.1) is 10.8 Å². The maximum absolute atomic E-state index is 13.0. The lowest BCUT2D eigenvalue weighted by Gasteiger charge is -2.28. The molecular weight excluding hydrogens is 394 g/mol. The van der Waals surface area contributed by atoms with E-state index >= 15 is 0 Å². The second kappa shape index (κ2) is 7.13. The maximum Gasteiger partial charge on any atom is 0.324 e. The fourth-order valence-corrected chi connectivity index (χ4v) is 5.05. The summed E-state index contributed by atoms with van der Waals surface area (Å²) in [5, 5.41) is 2.32. The van der Waals surface area contributed by atoms with Crippen LogP contribution in [-0.4, -0.2) is 38.3 Å². The number of carbonyl (C=O) groups excluding carboxylic acids is 2. The minimum Gasteiger partial charge on any atom is -0.468 e. The summed E-state index contributed by atoms with van der Waals surface area (Å²) in [4.78, 5) is 32.2. The molecule has 6 nitrogen and oxygen atoms in total. The van der Waals surface area contributed by atoms with Gasteiger partial charge in [0.15, 0.2) is 5.41 Å². The number of hydrogen-bond donors (Lipinski definition) is 0. The third kappa shape index (κ3) is 2.70. The molecule has 1 aliphatic carbocycles. The molecule has 1 saturated heterocycles. The smallest absolute Gasteiger partial charge is 0.324 e. The number of benzene rings is 2. The van der Waals surface area contributed by atoms with E-state index in [0.29, 0.717) is 5.02 Å². The van der Waals surface area contributed by atoms with E-state index < -0.39 is 28.9 Å². The predicted octanol–water partition coefficient (Wildman–Crippen LogP) is 3.72. The van der Waals surface area contributed by atoms with Gasteiger partial charge in [0.05, 0.1) is 25.7 Å². The van der Waals surface area contributed by atoms with E-state index in [0.717, 1.165) is 11.1 Å². The van der Waals surface area contributed by atoms with Gasteiger partial charge in [-0.25, -0.2) is 0 Å². The molecule has 0 amide bonds. The number of rotatable bonds is 4. The molecule has 0 aromatic heterocycles. The zero-order valence-electron chi connectivity index (χ0n) is 16.4. The van der Waals surface area contributed by atoms with Gasteiger partial charge in [0, 0.05) is 12.1 Å². The van der Waals surface area contributed by atoms with Crippen LogP contribution in [0.2, 0.25) is 5.02 Å². The van der Waals surface area contributed by atoms with Crippen molar-refractivity contribution in [2.24, 2.45) is 10.8 Å². The highest BCUT2D eigenvalue weighted by Crippen LogP contribution is 2.80. The molecule has 29 heavy (non-hydrogen) atoms. The highest BCUT2D eigenvalue weighted by Gasteiger charge is 2.86. The van der Waals surface area contributed by atoms with Crippen LogP contribution in [0.4, 0.5) is 0 Å². The molecule has 7 heteroatoms. The fraction of sp³-hybridized carbons (Fsp3) is 0.364. The summed E-state index contributed by atoms with van der Waals surface area (Å²) < 4.78 is 10.2. The summed E-state index contributed by atoms with van der Waals surface area (Å²) in [5.41, 5.74) is -0.557. The van der Waals surface area contributed by atoms with Crippen molar-refractivity contribution >= 4 is 23.5 Å². The van der Waals surface area contributed by atoms with Crippen molar-refractivity contribution in [3.05, 3.63) is 70.7 Å². The molecule has 0 unspecified atom stereocenters. The third-order valence-corrected chi connectivity index (χ3v) is 6.43. The van der Waals surface area contributed by atoms with Gasteiger partial charge in [0.1, 0.15) is 6.10 Å². The van der Waals surface area contributed by atoms with Gasteiger partial charge < -0.3 is 9.47 Å². The Morgan fingerprint density at radius 1 is 1.00 bits per heavy atom.